The minimum absolute atomic E-state index is 0.272. The largest absolute Gasteiger partial charge is 0.493 e. The molecule has 0 aliphatic heterocycles. The van der Waals surface area contributed by atoms with E-state index in [1.807, 2.05) is 47.8 Å². The third-order valence-electron chi connectivity index (χ3n) is 3.51. The van der Waals surface area contributed by atoms with Crippen molar-refractivity contribution >= 4 is 29.0 Å². The topological polar surface area (TPSA) is 55.8 Å². The van der Waals surface area contributed by atoms with Crippen molar-refractivity contribution in [3.8, 4) is 17.2 Å². The van der Waals surface area contributed by atoms with Crippen LogP contribution < -0.4 is 9.47 Å². The van der Waals surface area contributed by atoms with Gasteiger partial charge in [-0.2, -0.15) is 0 Å². The van der Waals surface area contributed by atoms with Crippen LogP contribution in [0.1, 0.15) is 10.4 Å². The first-order chi connectivity index (χ1) is 12.2. The number of carboxylic acids is 1. The van der Waals surface area contributed by atoms with Crippen LogP contribution in [0, 0.1) is 0 Å². The van der Waals surface area contributed by atoms with Crippen molar-refractivity contribution in [1.29, 1.82) is 0 Å². The van der Waals surface area contributed by atoms with Gasteiger partial charge in [0.2, 0.25) is 0 Å². The third-order valence-corrected chi connectivity index (χ3v) is 4.41. The van der Waals surface area contributed by atoms with Gasteiger partial charge in [0.15, 0.2) is 11.5 Å². The number of carbonyl (C=O) groups is 1. The first-order valence-electron chi connectivity index (χ1n) is 7.57. The van der Waals surface area contributed by atoms with Crippen LogP contribution in [-0.2, 0) is 4.79 Å². The van der Waals surface area contributed by atoms with Crippen LogP contribution in [0.2, 0.25) is 0 Å². The summed E-state index contributed by atoms with van der Waals surface area (Å²) in [6.07, 6.45) is 1.65. The van der Waals surface area contributed by atoms with Gasteiger partial charge in [-0.25, -0.2) is 4.79 Å². The fourth-order valence-corrected chi connectivity index (χ4v) is 3.03. The Morgan fingerprint density at radius 3 is 2.32 bits per heavy atom. The van der Waals surface area contributed by atoms with Crippen molar-refractivity contribution in [3.05, 3.63) is 76.5 Å². The summed E-state index contributed by atoms with van der Waals surface area (Å²) in [6, 6.07) is 18.3. The molecule has 1 heterocycles. The van der Waals surface area contributed by atoms with Crippen molar-refractivity contribution in [2.75, 3.05) is 7.11 Å². The molecular formula is C20H16O4S. The van der Waals surface area contributed by atoms with Crippen LogP contribution >= 0.6 is 11.3 Å². The molecule has 0 fully saturated rings. The van der Waals surface area contributed by atoms with E-state index in [1.165, 1.54) is 11.3 Å². The summed E-state index contributed by atoms with van der Waals surface area (Å²) in [5.41, 5.74) is 1.06. The summed E-state index contributed by atoms with van der Waals surface area (Å²) in [5, 5.41) is 11.3. The van der Waals surface area contributed by atoms with Gasteiger partial charge >= 0.3 is 5.97 Å². The SMILES string of the molecule is COc1ccccc1Oc1ccc(/C=C(\C(=O)O)c2cccs2)cc1. The quantitative estimate of drug-likeness (QED) is 0.622. The van der Waals surface area contributed by atoms with Crippen molar-refractivity contribution in [3.63, 3.8) is 0 Å². The van der Waals surface area contributed by atoms with Crippen LogP contribution in [0.4, 0.5) is 0 Å². The van der Waals surface area contributed by atoms with Crippen LogP contribution in [-0.4, -0.2) is 18.2 Å². The summed E-state index contributed by atoms with van der Waals surface area (Å²) in [5.74, 6) is 0.974. The van der Waals surface area contributed by atoms with Crippen molar-refractivity contribution in [2.24, 2.45) is 0 Å². The number of ether oxygens (including phenoxy) is 2. The summed E-state index contributed by atoms with van der Waals surface area (Å²) in [7, 11) is 1.59. The van der Waals surface area contributed by atoms with Gasteiger partial charge in [-0.3, -0.25) is 0 Å². The number of rotatable bonds is 6. The molecule has 0 aliphatic rings. The van der Waals surface area contributed by atoms with E-state index in [4.69, 9.17) is 9.47 Å². The van der Waals surface area contributed by atoms with Gasteiger partial charge in [0, 0.05) is 4.88 Å². The molecule has 5 heteroatoms. The van der Waals surface area contributed by atoms with E-state index in [0.29, 0.717) is 17.2 Å². The van der Waals surface area contributed by atoms with Crippen molar-refractivity contribution < 1.29 is 19.4 Å². The van der Waals surface area contributed by atoms with E-state index in [-0.39, 0.29) is 5.57 Å². The summed E-state index contributed by atoms with van der Waals surface area (Å²) < 4.78 is 11.1. The van der Waals surface area contributed by atoms with Crippen LogP contribution in [0.3, 0.4) is 0 Å². The average molecular weight is 352 g/mol. The highest BCUT2D eigenvalue weighted by Gasteiger charge is 2.11. The molecule has 1 N–H and O–H groups in total. The number of hydrogen-bond donors (Lipinski definition) is 1. The summed E-state index contributed by atoms with van der Waals surface area (Å²) >= 11 is 1.40. The molecule has 0 aliphatic carbocycles. The number of benzene rings is 2. The molecule has 0 saturated carbocycles. The molecule has 2 aromatic carbocycles. The standard InChI is InChI=1S/C20H16O4S/c1-23-17-5-2-3-6-18(17)24-15-10-8-14(9-11-15)13-16(20(21)22)19-7-4-12-25-19/h2-13H,1H3,(H,21,22)/b16-13-. The Labute approximate surface area is 149 Å². The van der Waals surface area contributed by atoms with E-state index in [0.717, 1.165) is 10.4 Å². The fraction of sp³-hybridized carbons (Fsp3) is 0.0500. The molecule has 0 spiro atoms. The first-order valence-corrected chi connectivity index (χ1v) is 8.45. The Bertz CT molecular complexity index is 880. The molecule has 0 unspecified atom stereocenters. The van der Waals surface area contributed by atoms with Gasteiger partial charge < -0.3 is 14.6 Å². The molecule has 25 heavy (non-hydrogen) atoms. The van der Waals surface area contributed by atoms with E-state index >= 15 is 0 Å². The molecule has 4 nitrogen and oxygen atoms in total. The van der Waals surface area contributed by atoms with Gasteiger partial charge in [-0.1, -0.05) is 30.3 Å². The van der Waals surface area contributed by atoms with Crippen molar-refractivity contribution in [2.45, 2.75) is 0 Å². The predicted octanol–water partition coefficient (Wildman–Crippen LogP) is 5.17. The van der Waals surface area contributed by atoms with Crippen LogP contribution in [0.15, 0.2) is 66.0 Å². The van der Waals surface area contributed by atoms with Gasteiger partial charge in [0.25, 0.3) is 0 Å². The van der Waals surface area contributed by atoms with E-state index in [1.54, 1.807) is 31.4 Å². The number of aliphatic carboxylic acids is 1. The normalized spacial score (nSPS) is 11.2. The van der Waals surface area contributed by atoms with Crippen LogP contribution in [0.25, 0.3) is 11.6 Å². The highest BCUT2D eigenvalue weighted by atomic mass is 32.1. The lowest BCUT2D eigenvalue weighted by molar-refractivity contribution is -0.130. The molecule has 3 aromatic rings. The maximum absolute atomic E-state index is 11.5. The molecule has 0 radical (unpaired) electrons. The Kier molecular flexibility index (Phi) is 5.16. The Morgan fingerprint density at radius 2 is 1.72 bits per heavy atom. The zero-order valence-corrected chi connectivity index (χ0v) is 14.3. The minimum atomic E-state index is -0.947. The maximum Gasteiger partial charge on any atom is 0.337 e. The number of thiophene rings is 1. The molecule has 3 rings (SSSR count). The second kappa shape index (κ2) is 7.68. The molecule has 0 amide bonds. The predicted molar refractivity (Wildman–Crippen MR) is 99.3 cm³/mol. The lowest BCUT2D eigenvalue weighted by atomic mass is 10.1. The monoisotopic (exact) mass is 352 g/mol. The lowest BCUT2D eigenvalue weighted by Crippen LogP contribution is -1.97. The van der Waals surface area contributed by atoms with E-state index in [2.05, 4.69) is 0 Å². The Hall–Kier alpha value is -3.05. The minimum Gasteiger partial charge on any atom is -0.493 e. The van der Waals surface area contributed by atoms with E-state index < -0.39 is 5.97 Å². The average Bonchev–Trinajstić information content (AvgIpc) is 3.15. The van der Waals surface area contributed by atoms with Gasteiger partial charge in [-0.15, -0.1) is 11.3 Å². The number of carboxylic acid groups (broad SMARTS) is 1. The van der Waals surface area contributed by atoms with Gasteiger partial charge in [-0.05, 0) is 47.4 Å². The lowest BCUT2D eigenvalue weighted by Gasteiger charge is -2.10. The zero-order chi connectivity index (χ0) is 17.6. The van der Waals surface area contributed by atoms with E-state index in [9.17, 15) is 9.90 Å². The molecule has 0 bridgehead atoms. The highest BCUT2D eigenvalue weighted by Crippen LogP contribution is 2.31. The fourth-order valence-electron chi connectivity index (χ4n) is 2.30. The second-order valence-corrected chi connectivity index (χ2v) is 6.11. The van der Waals surface area contributed by atoms with Gasteiger partial charge in [0.05, 0.1) is 12.7 Å². The molecule has 126 valence electrons. The summed E-state index contributed by atoms with van der Waals surface area (Å²) in [6.45, 7) is 0. The second-order valence-electron chi connectivity index (χ2n) is 5.16. The maximum atomic E-state index is 11.5. The molecular weight excluding hydrogens is 336 g/mol. The highest BCUT2D eigenvalue weighted by molar-refractivity contribution is 7.11. The van der Waals surface area contributed by atoms with Crippen LogP contribution in [0.5, 0.6) is 17.2 Å². The molecule has 1 aromatic heterocycles. The molecule has 0 atom stereocenters. The number of para-hydroxylation sites is 2. The molecule has 0 saturated heterocycles. The zero-order valence-electron chi connectivity index (χ0n) is 13.5. The summed E-state index contributed by atoms with van der Waals surface area (Å²) in [4.78, 5) is 12.2. The Balaban J connectivity index is 1.82. The first kappa shape index (κ1) is 16.8. The number of methoxy groups -OCH3 is 1. The van der Waals surface area contributed by atoms with Crippen molar-refractivity contribution in [1.82, 2.24) is 0 Å². The Morgan fingerprint density at radius 1 is 1.00 bits per heavy atom. The number of hydrogen-bond acceptors (Lipinski definition) is 4. The third kappa shape index (κ3) is 4.08. The van der Waals surface area contributed by atoms with Gasteiger partial charge in [0.1, 0.15) is 5.75 Å². The smallest absolute Gasteiger partial charge is 0.337 e.